The van der Waals surface area contributed by atoms with Gasteiger partial charge >= 0.3 is 5.97 Å². The van der Waals surface area contributed by atoms with E-state index in [1.165, 1.54) is 0 Å². The number of ether oxygens (including phenoxy) is 1. The van der Waals surface area contributed by atoms with Crippen molar-refractivity contribution in [3.8, 4) is 0 Å². The molecule has 0 spiro atoms. The van der Waals surface area contributed by atoms with Gasteiger partial charge in [-0.25, -0.2) is 4.79 Å². The first-order valence-corrected chi connectivity index (χ1v) is 5.61. The molecule has 1 aromatic rings. The Kier molecular flexibility index (Phi) is 2.91. The van der Waals surface area contributed by atoms with Crippen LogP contribution in [0.15, 0.2) is 40.4 Å². The highest BCUT2D eigenvalue weighted by atomic mass is 79.9. The molecule has 1 heterocycles. The summed E-state index contributed by atoms with van der Waals surface area (Å²) in [7, 11) is 0. The van der Waals surface area contributed by atoms with Crippen LogP contribution >= 0.6 is 15.9 Å². The lowest BCUT2D eigenvalue weighted by atomic mass is 10.0. The fraction of sp³-hybridized carbons (Fsp3) is 0.250. The van der Waals surface area contributed by atoms with Gasteiger partial charge in [-0.1, -0.05) is 34.1 Å². The molecule has 1 fully saturated rings. The van der Waals surface area contributed by atoms with Crippen LogP contribution in [-0.4, -0.2) is 5.97 Å². The van der Waals surface area contributed by atoms with Crippen molar-refractivity contribution in [3.05, 3.63) is 46.0 Å². The third kappa shape index (κ3) is 2.12. The Morgan fingerprint density at radius 2 is 2.07 bits per heavy atom. The quantitative estimate of drug-likeness (QED) is 0.576. The maximum Gasteiger partial charge on any atom is 0.334 e. The smallest absolute Gasteiger partial charge is 0.334 e. The monoisotopic (exact) mass is 266 g/mol. The fourth-order valence-electron chi connectivity index (χ4n) is 1.63. The third-order valence-corrected chi connectivity index (χ3v) is 3.04. The number of carbonyl (C=O) groups excluding carboxylic acids is 1. The zero-order chi connectivity index (χ0) is 10.8. The Morgan fingerprint density at radius 1 is 1.40 bits per heavy atom. The normalized spacial score (nSPS) is 23.2. The van der Waals surface area contributed by atoms with Crippen LogP contribution in [0.4, 0.5) is 0 Å². The van der Waals surface area contributed by atoms with Crippen molar-refractivity contribution in [2.45, 2.75) is 19.4 Å². The molecule has 1 aromatic carbocycles. The second kappa shape index (κ2) is 4.19. The van der Waals surface area contributed by atoms with Crippen LogP contribution in [0.2, 0.25) is 0 Å². The van der Waals surface area contributed by atoms with Gasteiger partial charge in [0.05, 0.1) is 0 Å². The molecule has 0 radical (unpaired) electrons. The predicted octanol–water partition coefficient (Wildman–Crippen LogP) is 3.38. The molecule has 1 aliphatic heterocycles. The average molecular weight is 267 g/mol. The van der Waals surface area contributed by atoms with Crippen LogP contribution in [-0.2, 0) is 9.53 Å². The van der Waals surface area contributed by atoms with E-state index in [4.69, 9.17) is 4.74 Å². The van der Waals surface area contributed by atoms with E-state index < -0.39 is 0 Å². The number of esters is 1. The zero-order valence-corrected chi connectivity index (χ0v) is 9.95. The first kappa shape index (κ1) is 10.4. The first-order chi connectivity index (χ1) is 7.20. The van der Waals surface area contributed by atoms with Crippen molar-refractivity contribution in [2.24, 2.45) is 0 Å². The molecule has 0 saturated carbocycles. The molecule has 3 heteroatoms. The van der Waals surface area contributed by atoms with Gasteiger partial charge in [0, 0.05) is 16.5 Å². The van der Waals surface area contributed by atoms with Crippen LogP contribution in [0.1, 0.15) is 25.0 Å². The highest BCUT2D eigenvalue weighted by Gasteiger charge is 2.29. The maximum atomic E-state index is 11.4. The number of halogens is 1. The molecular weight excluding hydrogens is 256 g/mol. The molecule has 1 aliphatic rings. The standard InChI is InChI=1S/C12H11BrO2/c1-2-8-7-11(15-12(8)14)9-3-5-10(13)6-4-9/h2-6,11H,7H2,1H3/b8-2-. The van der Waals surface area contributed by atoms with E-state index in [0.29, 0.717) is 6.42 Å². The fourth-order valence-corrected chi connectivity index (χ4v) is 1.89. The minimum Gasteiger partial charge on any atom is -0.454 e. The molecule has 0 bridgehead atoms. The molecule has 0 aliphatic carbocycles. The largest absolute Gasteiger partial charge is 0.454 e. The number of hydrogen-bond donors (Lipinski definition) is 0. The summed E-state index contributed by atoms with van der Waals surface area (Å²) in [5.74, 6) is -0.189. The van der Waals surface area contributed by atoms with Gasteiger partial charge in [-0.05, 0) is 24.6 Å². The lowest BCUT2D eigenvalue weighted by Crippen LogP contribution is -1.98. The van der Waals surface area contributed by atoms with Gasteiger partial charge < -0.3 is 4.74 Å². The Morgan fingerprint density at radius 3 is 2.60 bits per heavy atom. The zero-order valence-electron chi connectivity index (χ0n) is 8.37. The van der Waals surface area contributed by atoms with Crippen molar-refractivity contribution in [1.29, 1.82) is 0 Å². The SMILES string of the molecule is C/C=C1/CC(c2ccc(Br)cc2)OC1=O. The maximum absolute atomic E-state index is 11.4. The van der Waals surface area contributed by atoms with Crippen LogP contribution < -0.4 is 0 Å². The first-order valence-electron chi connectivity index (χ1n) is 4.82. The van der Waals surface area contributed by atoms with Crippen LogP contribution in [0.3, 0.4) is 0 Å². The molecular formula is C12H11BrO2. The summed E-state index contributed by atoms with van der Waals surface area (Å²) < 4.78 is 6.30. The number of allylic oxidation sites excluding steroid dienone is 1. The van der Waals surface area contributed by atoms with E-state index in [1.54, 1.807) is 0 Å². The molecule has 0 amide bonds. The topological polar surface area (TPSA) is 26.3 Å². The molecule has 0 aromatic heterocycles. The van der Waals surface area contributed by atoms with Gasteiger partial charge in [-0.3, -0.25) is 0 Å². The van der Waals surface area contributed by atoms with Crippen molar-refractivity contribution < 1.29 is 9.53 Å². The lowest BCUT2D eigenvalue weighted by molar-refractivity contribution is -0.139. The Labute approximate surface area is 97.1 Å². The number of benzene rings is 1. The summed E-state index contributed by atoms with van der Waals surface area (Å²) >= 11 is 3.37. The highest BCUT2D eigenvalue weighted by Crippen LogP contribution is 2.33. The molecule has 2 nitrogen and oxygen atoms in total. The van der Waals surface area contributed by atoms with Crippen LogP contribution in [0, 0.1) is 0 Å². The van der Waals surface area contributed by atoms with Crippen molar-refractivity contribution in [1.82, 2.24) is 0 Å². The lowest BCUT2D eigenvalue weighted by Gasteiger charge is -2.08. The van der Waals surface area contributed by atoms with Crippen LogP contribution in [0.25, 0.3) is 0 Å². The number of cyclic esters (lactones) is 1. The van der Waals surface area contributed by atoms with Gasteiger partial charge in [0.25, 0.3) is 0 Å². The Hall–Kier alpha value is -1.09. The van der Waals surface area contributed by atoms with E-state index in [9.17, 15) is 4.79 Å². The number of rotatable bonds is 1. The summed E-state index contributed by atoms with van der Waals surface area (Å²) in [6.07, 6.45) is 2.38. The predicted molar refractivity (Wildman–Crippen MR) is 61.3 cm³/mol. The van der Waals surface area contributed by atoms with Gasteiger partial charge in [-0.15, -0.1) is 0 Å². The summed E-state index contributed by atoms with van der Waals surface area (Å²) in [6.45, 7) is 1.86. The van der Waals surface area contributed by atoms with E-state index in [2.05, 4.69) is 15.9 Å². The van der Waals surface area contributed by atoms with Gasteiger partial charge in [0.2, 0.25) is 0 Å². The minimum atomic E-state index is -0.189. The average Bonchev–Trinajstić information content (AvgIpc) is 2.61. The van der Waals surface area contributed by atoms with Gasteiger partial charge in [0.1, 0.15) is 6.10 Å². The summed E-state index contributed by atoms with van der Waals surface area (Å²) in [5, 5.41) is 0. The van der Waals surface area contributed by atoms with E-state index >= 15 is 0 Å². The van der Waals surface area contributed by atoms with Gasteiger partial charge in [-0.2, -0.15) is 0 Å². The molecule has 2 rings (SSSR count). The molecule has 78 valence electrons. The van der Waals surface area contributed by atoms with Crippen molar-refractivity contribution in [3.63, 3.8) is 0 Å². The molecule has 1 saturated heterocycles. The molecule has 0 N–H and O–H groups in total. The Bertz CT molecular complexity index is 406. The summed E-state index contributed by atoms with van der Waals surface area (Å²) in [6, 6.07) is 7.86. The second-order valence-corrected chi connectivity index (χ2v) is 4.38. The van der Waals surface area contributed by atoms with E-state index in [0.717, 1.165) is 15.6 Å². The van der Waals surface area contributed by atoms with Gasteiger partial charge in [0.15, 0.2) is 0 Å². The molecule has 1 unspecified atom stereocenters. The number of carbonyl (C=O) groups is 1. The van der Waals surface area contributed by atoms with E-state index in [-0.39, 0.29) is 12.1 Å². The Balaban J connectivity index is 2.21. The highest BCUT2D eigenvalue weighted by molar-refractivity contribution is 9.10. The van der Waals surface area contributed by atoms with E-state index in [1.807, 2.05) is 37.3 Å². The van der Waals surface area contributed by atoms with Crippen molar-refractivity contribution >= 4 is 21.9 Å². The summed E-state index contributed by atoms with van der Waals surface area (Å²) in [4.78, 5) is 11.4. The third-order valence-electron chi connectivity index (χ3n) is 2.51. The number of hydrogen-bond acceptors (Lipinski definition) is 2. The van der Waals surface area contributed by atoms with Crippen LogP contribution in [0.5, 0.6) is 0 Å². The summed E-state index contributed by atoms with van der Waals surface area (Å²) in [5.41, 5.74) is 1.81. The second-order valence-electron chi connectivity index (χ2n) is 3.46. The molecule has 1 atom stereocenters. The minimum absolute atomic E-state index is 0.114. The van der Waals surface area contributed by atoms with Crippen molar-refractivity contribution in [2.75, 3.05) is 0 Å². The molecule has 15 heavy (non-hydrogen) atoms.